The maximum atomic E-state index is 5.71. The lowest BCUT2D eigenvalue weighted by Gasteiger charge is -2.28. The van der Waals surface area contributed by atoms with Gasteiger partial charge in [-0.3, -0.25) is 0 Å². The number of hydrogen-bond donors (Lipinski definition) is 0. The summed E-state index contributed by atoms with van der Waals surface area (Å²) in [5, 5.41) is 0. The SMILES string of the molecule is C=C(C)CC[Si](OCC)(OCC)OCC.C=CCC[Si](OCC)(OCC)OCC. The van der Waals surface area contributed by atoms with Gasteiger partial charge in [0.25, 0.3) is 0 Å². The Balaban J connectivity index is 0. The number of allylic oxidation sites excluding steroid dienone is 2. The minimum atomic E-state index is -2.42. The van der Waals surface area contributed by atoms with Crippen LogP contribution in [0.4, 0.5) is 0 Å². The molecule has 0 bridgehead atoms. The molecule has 0 N–H and O–H groups in total. The molecule has 0 fully saturated rings. The molecule has 0 rings (SSSR count). The van der Waals surface area contributed by atoms with Crippen molar-refractivity contribution in [3.63, 3.8) is 0 Å². The molecule has 0 amide bonds. The van der Waals surface area contributed by atoms with Crippen molar-refractivity contribution < 1.29 is 26.6 Å². The summed E-state index contributed by atoms with van der Waals surface area (Å²) in [6.45, 7) is 25.3. The second-order valence-corrected chi connectivity index (χ2v) is 11.7. The lowest BCUT2D eigenvalue weighted by Crippen LogP contribution is -2.45. The molecule has 174 valence electrons. The first kappa shape index (κ1) is 30.9. The fraction of sp³-hybridized carbons (Fsp3) is 0.810. The van der Waals surface area contributed by atoms with Gasteiger partial charge in [0.1, 0.15) is 0 Å². The summed E-state index contributed by atoms with van der Waals surface area (Å²) in [5.41, 5.74) is 1.14. The van der Waals surface area contributed by atoms with Crippen LogP contribution in [0.25, 0.3) is 0 Å². The molecule has 0 spiro atoms. The van der Waals surface area contributed by atoms with Crippen molar-refractivity contribution in [3.8, 4) is 0 Å². The van der Waals surface area contributed by atoms with Gasteiger partial charge in [-0.05, 0) is 61.3 Å². The van der Waals surface area contributed by atoms with E-state index in [9.17, 15) is 0 Å². The first-order valence-electron chi connectivity index (χ1n) is 10.9. The summed E-state index contributed by atoms with van der Waals surface area (Å²) in [4.78, 5) is 0. The van der Waals surface area contributed by atoms with E-state index in [4.69, 9.17) is 26.6 Å². The molecule has 0 saturated carbocycles. The summed E-state index contributed by atoms with van der Waals surface area (Å²) in [5.74, 6) is 0. The van der Waals surface area contributed by atoms with Crippen LogP contribution in [-0.4, -0.2) is 57.3 Å². The molecule has 0 unspecified atom stereocenters. The van der Waals surface area contributed by atoms with Gasteiger partial charge >= 0.3 is 17.6 Å². The van der Waals surface area contributed by atoms with Crippen LogP contribution in [-0.2, 0) is 26.6 Å². The van der Waals surface area contributed by atoms with E-state index in [0.29, 0.717) is 39.6 Å². The van der Waals surface area contributed by atoms with Crippen LogP contribution in [0.2, 0.25) is 12.1 Å². The van der Waals surface area contributed by atoms with Crippen LogP contribution in [0.3, 0.4) is 0 Å². The van der Waals surface area contributed by atoms with Crippen LogP contribution in [0.15, 0.2) is 24.8 Å². The highest BCUT2D eigenvalue weighted by Gasteiger charge is 2.40. The molecule has 8 heteroatoms. The maximum absolute atomic E-state index is 5.71. The highest BCUT2D eigenvalue weighted by atomic mass is 28.4. The van der Waals surface area contributed by atoms with Crippen molar-refractivity contribution >= 4 is 17.6 Å². The van der Waals surface area contributed by atoms with Gasteiger partial charge in [-0.25, -0.2) is 0 Å². The second-order valence-electron chi connectivity index (χ2n) is 6.25. The van der Waals surface area contributed by atoms with Crippen molar-refractivity contribution in [2.24, 2.45) is 0 Å². The molecule has 0 aromatic heterocycles. The van der Waals surface area contributed by atoms with Crippen molar-refractivity contribution in [1.82, 2.24) is 0 Å². The molecule has 0 heterocycles. The summed E-state index contributed by atoms with van der Waals surface area (Å²) in [7, 11) is -4.81. The highest BCUT2D eigenvalue weighted by Crippen LogP contribution is 2.20. The lowest BCUT2D eigenvalue weighted by atomic mass is 10.3. The predicted molar refractivity (Wildman–Crippen MR) is 125 cm³/mol. The Hall–Kier alpha value is -0.326. The molecular formula is C21H46O6Si2. The van der Waals surface area contributed by atoms with Gasteiger partial charge < -0.3 is 26.6 Å². The molecule has 29 heavy (non-hydrogen) atoms. The average molecular weight is 451 g/mol. The van der Waals surface area contributed by atoms with E-state index in [2.05, 4.69) is 13.2 Å². The Labute approximate surface area is 182 Å². The van der Waals surface area contributed by atoms with Gasteiger partial charge in [0, 0.05) is 51.7 Å². The van der Waals surface area contributed by atoms with E-state index in [1.54, 1.807) is 0 Å². The van der Waals surface area contributed by atoms with E-state index in [0.717, 1.165) is 30.5 Å². The third kappa shape index (κ3) is 15.2. The van der Waals surface area contributed by atoms with Gasteiger partial charge in [-0.1, -0.05) is 11.6 Å². The fourth-order valence-electron chi connectivity index (χ4n) is 2.65. The van der Waals surface area contributed by atoms with Crippen molar-refractivity contribution in [1.29, 1.82) is 0 Å². The van der Waals surface area contributed by atoms with Crippen LogP contribution < -0.4 is 0 Å². The van der Waals surface area contributed by atoms with Crippen molar-refractivity contribution in [2.45, 2.75) is 73.4 Å². The standard InChI is InChI=1S/C11H24O3Si.C10H22O3Si/c1-6-12-15(13-7-2,14-8-3)10-9-11(4)5;1-5-9-10-14(11-6-2,12-7-3)13-8-4/h4,6-10H2,1-3,5H3;5H,1,6-10H2,2-4H3. The summed E-state index contributed by atoms with van der Waals surface area (Å²) >= 11 is 0. The molecule has 0 aromatic rings. The van der Waals surface area contributed by atoms with Crippen LogP contribution in [0.5, 0.6) is 0 Å². The van der Waals surface area contributed by atoms with Gasteiger partial charge in [0.15, 0.2) is 0 Å². The zero-order valence-electron chi connectivity index (χ0n) is 20.0. The van der Waals surface area contributed by atoms with Crippen LogP contribution in [0.1, 0.15) is 61.3 Å². The predicted octanol–water partition coefficient (Wildman–Crippen LogP) is 5.61. The van der Waals surface area contributed by atoms with Crippen LogP contribution >= 0.6 is 0 Å². The molecule has 0 aromatic carbocycles. The summed E-state index contributed by atoms with van der Waals surface area (Å²) in [6.07, 6.45) is 3.66. The van der Waals surface area contributed by atoms with Crippen molar-refractivity contribution in [2.75, 3.05) is 39.6 Å². The van der Waals surface area contributed by atoms with Crippen LogP contribution in [0, 0.1) is 0 Å². The van der Waals surface area contributed by atoms with Gasteiger partial charge in [-0.2, -0.15) is 0 Å². The first-order chi connectivity index (χ1) is 13.8. The van der Waals surface area contributed by atoms with E-state index in [1.165, 1.54) is 0 Å². The quantitative estimate of drug-likeness (QED) is 0.200. The lowest BCUT2D eigenvalue weighted by molar-refractivity contribution is 0.0707. The molecule has 0 saturated heterocycles. The molecule has 0 atom stereocenters. The van der Waals surface area contributed by atoms with Gasteiger partial charge in [0.05, 0.1) is 0 Å². The minimum Gasteiger partial charge on any atom is -0.374 e. The molecule has 0 radical (unpaired) electrons. The topological polar surface area (TPSA) is 55.4 Å². The largest absolute Gasteiger partial charge is 0.501 e. The normalized spacial score (nSPS) is 11.7. The Bertz CT molecular complexity index is 373. The summed E-state index contributed by atoms with van der Waals surface area (Å²) < 4.78 is 34.1. The molecular weight excluding hydrogens is 404 g/mol. The zero-order valence-corrected chi connectivity index (χ0v) is 22.0. The van der Waals surface area contributed by atoms with E-state index in [-0.39, 0.29) is 0 Å². The first-order valence-corrected chi connectivity index (χ1v) is 14.8. The molecule has 0 aliphatic rings. The molecule has 0 aliphatic heterocycles. The zero-order chi connectivity index (χ0) is 22.6. The van der Waals surface area contributed by atoms with Gasteiger partial charge in [0.2, 0.25) is 0 Å². The Kier molecular flexibility index (Phi) is 20.9. The third-order valence-electron chi connectivity index (χ3n) is 3.70. The monoisotopic (exact) mass is 450 g/mol. The average Bonchev–Trinajstić information content (AvgIpc) is 2.67. The maximum Gasteiger partial charge on any atom is 0.501 e. The fourth-order valence-corrected chi connectivity index (χ4v) is 7.94. The van der Waals surface area contributed by atoms with E-state index < -0.39 is 17.6 Å². The Morgan fingerprint density at radius 3 is 1.21 bits per heavy atom. The number of hydrogen-bond acceptors (Lipinski definition) is 6. The smallest absolute Gasteiger partial charge is 0.374 e. The summed E-state index contributed by atoms with van der Waals surface area (Å²) in [6, 6.07) is 1.66. The number of rotatable bonds is 18. The second kappa shape index (κ2) is 19.6. The Morgan fingerprint density at radius 1 is 0.655 bits per heavy atom. The molecule has 6 nitrogen and oxygen atoms in total. The van der Waals surface area contributed by atoms with E-state index >= 15 is 0 Å². The van der Waals surface area contributed by atoms with Gasteiger partial charge in [-0.15, -0.1) is 13.2 Å². The van der Waals surface area contributed by atoms with E-state index in [1.807, 2.05) is 54.5 Å². The minimum absolute atomic E-state index is 0.641. The Morgan fingerprint density at radius 2 is 0.966 bits per heavy atom. The third-order valence-corrected chi connectivity index (χ3v) is 9.83. The molecule has 0 aliphatic carbocycles. The van der Waals surface area contributed by atoms with Crippen molar-refractivity contribution in [3.05, 3.63) is 24.8 Å². The highest BCUT2D eigenvalue weighted by molar-refractivity contribution is 6.61.